The number of rotatable bonds is 2. The third kappa shape index (κ3) is 2.06. The quantitative estimate of drug-likeness (QED) is 0.731. The van der Waals surface area contributed by atoms with Crippen LogP contribution in [0, 0.1) is 11.3 Å². The lowest BCUT2D eigenvalue weighted by Gasteiger charge is -2.03. The van der Waals surface area contributed by atoms with E-state index in [1.54, 1.807) is 24.4 Å². The van der Waals surface area contributed by atoms with Gasteiger partial charge in [-0.25, -0.2) is 0 Å². The largest absolute Gasteiger partial charge is 0.435 e. The minimum Gasteiger partial charge on any atom is -0.435 e. The van der Waals surface area contributed by atoms with Crippen LogP contribution in [0.2, 0.25) is 0 Å². The van der Waals surface area contributed by atoms with Crippen LogP contribution in [0.15, 0.2) is 36.8 Å². The van der Waals surface area contributed by atoms with Crippen LogP contribution in [0.5, 0.6) is 11.6 Å². The number of ether oxygens (including phenoxy) is 1. The third-order valence-electron chi connectivity index (χ3n) is 1.66. The fraction of sp³-hybridized carbons (Fsp3) is 0. The zero-order chi connectivity index (χ0) is 10.5. The molecule has 0 saturated heterocycles. The van der Waals surface area contributed by atoms with Crippen LogP contribution in [0.1, 0.15) is 5.56 Å². The first kappa shape index (κ1) is 9.09. The molecule has 5 nitrogen and oxygen atoms in total. The lowest BCUT2D eigenvalue weighted by atomic mass is 10.3. The van der Waals surface area contributed by atoms with Gasteiger partial charge in [-0.05, 0) is 18.2 Å². The highest BCUT2D eigenvalue weighted by molar-refractivity contribution is 5.38. The van der Waals surface area contributed by atoms with Gasteiger partial charge in [0.2, 0.25) is 0 Å². The molecular formula is C10H6N4O. The molecule has 0 atom stereocenters. The maximum absolute atomic E-state index is 8.78. The molecule has 72 valence electrons. The summed E-state index contributed by atoms with van der Waals surface area (Å²) in [6, 6.07) is 6.97. The summed E-state index contributed by atoms with van der Waals surface area (Å²) in [7, 11) is 0. The van der Waals surface area contributed by atoms with E-state index in [2.05, 4.69) is 15.2 Å². The first-order valence-electron chi connectivity index (χ1n) is 4.20. The maximum atomic E-state index is 8.78. The van der Waals surface area contributed by atoms with Gasteiger partial charge in [-0.15, -0.1) is 5.10 Å². The molecular weight excluding hydrogens is 192 g/mol. The summed E-state index contributed by atoms with van der Waals surface area (Å²) in [5.74, 6) is 0.711. The number of hydrogen-bond acceptors (Lipinski definition) is 5. The average Bonchev–Trinajstić information content (AvgIpc) is 2.31. The first-order valence-corrected chi connectivity index (χ1v) is 4.20. The summed E-state index contributed by atoms with van der Waals surface area (Å²) in [4.78, 5) is 3.88. The number of pyridine rings is 1. The molecule has 2 rings (SSSR count). The van der Waals surface area contributed by atoms with Gasteiger partial charge in [0.25, 0.3) is 5.88 Å². The van der Waals surface area contributed by atoms with Gasteiger partial charge in [0.05, 0.1) is 12.4 Å². The Labute approximate surface area is 86.0 Å². The summed E-state index contributed by atoms with van der Waals surface area (Å²) < 4.78 is 5.34. The zero-order valence-corrected chi connectivity index (χ0v) is 7.66. The molecule has 15 heavy (non-hydrogen) atoms. The molecule has 0 unspecified atom stereocenters. The Balaban J connectivity index is 2.29. The van der Waals surface area contributed by atoms with Gasteiger partial charge in [0.15, 0.2) is 0 Å². The monoisotopic (exact) mass is 198 g/mol. The van der Waals surface area contributed by atoms with Crippen molar-refractivity contribution in [2.45, 2.75) is 0 Å². The van der Waals surface area contributed by atoms with E-state index >= 15 is 0 Å². The number of aromatic nitrogens is 3. The van der Waals surface area contributed by atoms with Crippen LogP contribution in [0.3, 0.4) is 0 Å². The van der Waals surface area contributed by atoms with E-state index in [9.17, 15) is 0 Å². The van der Waals surface area contributed by atoms with Crippen LogP contribution in [0.4, 0.5) is 0 Å². The second kappa shape index (κ2) is 4.15. The molecule has 5 heteroatoms. The van der Waals surface area contributed by atoms with Gasteiger partial charge in [-0.3, -0.25) is 4.98 Å². The van der Waals surface area contributed by atoms with E-state index in [1.807, 2.05) is 6.07 Å². The van der Waals surface area contributed by atoms with Crippen LogP contribution in [-0.2, 0) is 0 Å². The van der Waals surface area contributed by atoms with Crippen molar-refractivity contribution in [3.63, 3.8) is 0 Å². The molecule has 0 bridgehead atoms. The van der Waals surface area contributed by atoms with Gasteiger partial charge in [0, 0.05) is 6.20 Å². The molecule has 0 saturated carbocycles. The molecule has 0 aliphatic heterocycles. The smallest absolute Gasteiger partial charge is 0.257 e. The van der Waals surface area contributed by atoms with Crippen molar-refractivity contribution in [1.29, 1.82) is 5.26 Å². The van der Waals surface area contributed by atoms with Crippen molar-refractivity contribution in [2.75, 3.05) is 0 Å². The minimum absolute atomic E-state index is 0.188. The molecule has 2 heterocycles. The first-order chi connectivity index (χ1) is 7.40. The molecule has 0 fully saturated rings. The summed E-state index contributed by atoms with van der Waals surface area (Å²) in [5, 5.41) is 16.1. The van der Waals surface area contributed by atoms with Crippen molar-refractivity contribution in [1.82, 2.24) is 15.2 Å². The van der Waals surface area contributed by atoms with E-state index in [-0.39, 0.29) is 5.88 Å². The van der Waals surface area contributed by atoms with Crippen molar-refractivity contribution < 1.29 is 4.74 Å². The fourth-order valence-corrected chi connectivity index (χ4v) is 0.998. The molecule has 0 aliphatic carbocycles. The molecule has 0 N–H and O–H groups in total. The van der Waals surface area contributed by atoms with E-state index in [1.165, 1.54) is 12.4 Å². The van der Waals surface area contributed by atoms with E-state index in [4.69, 9.17) is 10.00 Å². The van der Waals surface area contributed by atoms with E-state index < -0.39 is 0 Å². The Hall–Kier alpha value is -2.48. The molecule has 0 aromatic carbocycles. The second-order valence-electron chi connectivity index (χ2n) is 2.65. The fourth-order valence-electron chi connectivity index (χ4n) is 0.998. The Morgan fingerprint density at radius 1 is 1.27 bits per heavy atom. The van der Waals surface area contributed by atoms with E-state index in [0.717, 1.165) is 0 Å². The number of hydrogen-bond donors (Lipinski definition) is 0. The number of nitrogens with zero attached hydrogens (tertiary/aromatic N) is 4. The highest BCUT2D eigenvalue weighted by Gasteiger charge is 2.05. The molecule has 0 amide bonds. The van der Waals surface area contributed by atoms with Crippen LogP contribution in [-0.4, -0.2) is 15.2 Å². The van der Waals surface area contributed by atoms with Gasteiger partial charge in [-0.2, -0.15) is 10.4 Å². The van der Waals surface area contributed by atoms with Crippen LogP contribution >= 0.6 is 0 Å². The Morgan fingerprint density at radius 2 is 2.20 bits per heavy atom. The second-order valence-corrected chi connectivity index (χ2v) is 2.65. The van der Waals surface area contributed by atoms with E-state index in [0.29, 0.717) is 11.3 Å². The van der Waals surface area contributed by atoms with Gasteiger partial charge >= 0.3 is 0 Å². The number of nitriles is 1. The molecule has 0 radical (unpaired) electrons. The minimum atomic E-state index is 0.188. The topological polar surface area (TPSA) is 71.7 Å². The maximum Gasteiger partial charge on any atom is 0.257 e. The van der Waals surface area contributed by atoms with Crippen molar-refractivity contribution >= 4 is 0 Å². The van der Waals surface area contributed by atoms with Crippen molar-refractivity contribution in [3.05, 3.63) is 42.4 Å². The standard InChI is InChI=1S/C10H6N4O/c11-6-8-3-5-13-14-10(8)15-9-2-1-4-12-7-9/h1-5,7H. The highest BCUT2D eigenvalue weighted by Crippen LogP contribution is 2.19. The van der Waals surface area contributed by atoms with Gasteiger partial charge < -0.3 is 4.74 Å². The summed E-state index contributed by atoms with van der Waals surface area (Å²) >= 11 is 0. The normalized spacial score (nSPS) is 9.27. The van der Waals surface area contributed by atoms with Gasteiger partial charge in [0.1, 0.15) is 17.4 Å². The predicted molar refractivity (Wildman–Crippen MR) is 51.1 cm³/mol. The lowest BCUT2D eigenvalue weighted by Crippen LogP contribution is -1.93. The Bertz CT molecular complexity index is 492. The molecule has 0 spiro atoms. The molecule has 0 aliphatic rings. The van der Waals surface area contributed by atoms with Crippen LogP contribution in [0.25, 0.3) is 0 Å². The third-order valence-corrected chi connectivity index (χ3v) is 1.66. The van der Waals surface area contributed by atoms with Crippen molar-refractivity contribution in [2.24, 2.45) is 0 Å². The predicted octanol–water partition coefficient (Wildman–Crippen LogP) is 1.54. The summed E-state index contributed by atoms with van der Waals surface area (Å²) in [5.41, 5.74) is 0.342. The molecule has 2 aromatic rings. The Kier molecular flexibility index (Phi) is 2.52. The van der Waals surface area contributed by atoms with Gasteiger partial charge in [-0.1, -0.05) is 0 Å². The van der Waals surface area contributed by atoms with Crippen LogP contribution < -0.4 is 4.74 Å². The lowest BCUT2D eigenvalue weighted by molar-refractivity contribution is 0.451. The summed E-state index contributed by atoms with van der Waals surface area (Å²) in [6.45, 7) is 0. The molecule has 2 aromatic heterocycles. The zero-order valence-electron chi connectivity index (χ0n) is 7.66. The average molecular weight is 198 g/mol. The SMILES string of the molecule is N#Cc1ccnnc1Oc1cccnc1. The Morgan fingerprint density at radius 3 is 2.93 bits per heavy atom. The van der Waals surface area contributed by atoms with Crippen molar-refractivity contribution in [3.8, 4) is 17.7 Å². The summed E-state index contributed by atoms with van der Waals surface area (Å²) in [6.07, 6.45) is 4.61. The highest BCUT2D eigenvalue weighted by atomic mass is 16.5.